The van der Waals surface area contributed by atoms with Crippen LogP contribution in [0, 0.1) is 11.8 Å². The highest BCUT2D eigenvalue weighted by atomic mass is 16.5. The lowest BCUT2D eigenvalue weighted by Gasteiger charge is -2.19. The van der Waals surface area contributed by atoms with Crippen LogP contribution in [0.1, 0.15) is 26.7 Å². The van der Waals surface area contributed by atoms with E-state index in [2.05, 4.69) is 28.7 Å². The molecule has 0 amide bonds. The molecule has 2 fully saturated rings. The largest absolute Gasteiger partial charge is 0.473 e. The summed E-state index contributed by atoms with van der Waals surface area (Å²) in [5.41, 5.74) is 0.919. The monoisotopic (exact) mass is 249 g/mol. The number of rotatable bonds is 3. The summed E-state index contributed by atoms with van der Waals surface area (Å²) in [6.07, 6.45) is 4.33. The van der Waals surface area contributed by atoms with E-state index in [1.54, 1.807) is 6.08 Å². The molecule has 2 rings (SSSR count). The minimum atomic E-state index is 0.282. The topological polar surface area (TPSA) is 37.2 Å². The number of hydrogen-bond acceptors (Lipinski definition) is 4. The van der Waals surface area contributed by atoms with Crippen molar-refractivity contribution in [2.75, 3.05) is 20.1 Å². The summed E-state index contributed by atoms with van der Waals surface area (Å²) in [6.45, 7) is 9.92. The van der Waals surface area contributed by atoms with Gasteiger partial charge in [-0.2, -0.15) is 5.10 Å². The Labute approximate surface area is 109 Å². The molecule has 4 heteroatoms. The van der Waals surface area contributed by atoms with Gasteiger partial charge in [0, 0.05) is 24.7 Å². The number of fused-ring (bicyclic) bond motifs is 1. The van der Waals surface area contributed by atoms with Gasteiger partial charge >= 0.3 is 0 Å². The molecule has 0 radical (unpaired) electrons. The van der Waals surface area contributed by atoms with Crippen LogP contribution in [-0.2, 0) is 4.74 Å². The zero-order chi connectivity index (χ0) is 13.1. The standard InChI is InChI=1S/C14H23N3O/c1-5-14(16-15-10(2)3)18-13-7-6-11-8-17(4)9-12(11)13/h5,11-13H,1,6-9H2,2-4H3/b16-14+. The first-order chi connectivity index (χ1) is 8.60. The summed E-state index contributed by atoms with van der Waals surface area (Å²) < 4.78 is 5.97. The molecule has 1 heterocycles. The van der Waals surface area contributed by atoms with E-state index in [0.717, 1.165) is 24.6 Å². The van der Waals surface area contributed by atoms with Crippen molar-refractivity contribution >= 4 is 11.6 Å². The second kappa shape index (κ2) is 5.65. The van der Waals surface area contributed by atoms with E-state index in [0.29, 0.717) is 11.8 Å². The first kappa shape index (κ1) is 13.3. The number of nitrogens with zero attached hydrogens (tertiary/aromatic N) is 3. The van der Waals surface area contributed by atoms with Crippen molar-refractivity contribution in [1.29, 1.82) is 0 Å². The zero-order valence-electron chi connectivity index (χ0n) is 11.6. The van der Waals surface area contributed by atoms with Crippen LogP contribution in [-0.4, -0.2) is 42.8 Å². The fourth-order valence-corrected chi connectivity index (χ4v) is 3.00. The fourth-order valence-electron chi connectivity index (χ4n) is 3.00. The van der Waals surface area contributed by atoms with Crippen molar-refractivity contribution < 1.29 is 4.74 Å². The van der Waals surface area contributed by atoms with Gasteiger partial charge in [-0.1, -0.05) is 6.58 Å². The highest BCUT2D eigenvalue weighted by Crippen LogP contribution is 2.39. The van der Waals surface area contributed by atoms with Gasteiger partial charge in [-0.25, -0.2) is 0 Å². The maximum absolute atomic E-state index is 5.97. The van der Waals surface area contributed by atoms with Crippen LogP contribution >= 0.6 is 0 Å². The molecule has 0 aromatic heterocycles. The van der Waals surface area contributed by atoms with Crippen LogP contribution in [0.4, 0.5) is 0 Å². The molecule has 0 aromatic rings. The van der Waals surface area contributed by atoms with Gasteiger partial charge in [-0.3, -0.25) is 0 Å². The minimum absolute atomic E-state index is 0.282. The number of hydrogen-bond donors (Lipinski definition) is 0. The van der Waals surface area contributed by atoms with Gasteiger partial charge in [-0.05, 0) is 45.7 Å². The Morgan fingerprint density at radius 3 is 2.72 bits per heavy atom. The highest BCUT2D eigenvalue weighted by molar-refractivity contribution is 5.88. The molecule has 18 heavy (non-hydrogen) atoms. The lowest BCUT2D eigenvalue weighted by Crippen LogP contribution is -2.26. The Morgan fingerprint density at radius 2 is 2.06 bits per heavy atom. The molecule has 0 bridgehead atoms. The van der Waals surface area contributed by atoms with Crippen LogP contribution in [0.5, 0.6) is 0 Å². The van der Waals surface area contributed by atoms with Gasteiger partial charge in [0.2, 0.25) is 5.90 Å². The summed E-state index contributed by atoms with van der Waals surface area (Å²) in [7, 11) is 2.18. The average Bonchev–Trinajstić information content (AvgIpc) is 2.84. The fraction of sp³-hybridized carbons (Fsp3) is 0.714. The number of likely N-dealkylation sites (tertiary alicyclic amines) is 1. The summed E-state index contributed by atoms with van der Waals surface area (Å²) >= 11 is 0. The lowest BCUT2D eigenvalue weighted by atomic mass is 9.99. The van der Waals surface area contributed by atoms with E-state index < -0.39 is 0 Å². The van der Waals surface area contributed by atoms with Crippen molar-refractivity contribution in [1.82, 2.24) is 4.90 Å². The van der Waals surface area contributed by atoms with Crippen LogP contribution in [0.2, 0.25) is 0 Å². The van der Waals surface area contributed by atoms with E-state index in [-0.39, 0.29) is 6.10 Å². The maximum atomic E-state index is 5.97. The molecule has 1 saturated carbocycles. The first-order valence-electron chi connectivity index (χ1n) is 6.66. The lowest BCUT2D eigenvalue weighted by molar-refractivity contribution is 0.140. The molecule has 1 aliphatic carbocycles. The summed E-state index contributed by atoms with van der Waals surface area (Å²) in [5.74, 6) is 1.99. The van der Waals surface area contributed by atoms with Gasteiger partial charge in [-0.15, -0.1) is 5.10 Å². The predicted octanol–water partition coefficient (Wildman–Crippen LogP) is 2.32. The Hall–Kier alpha value is -1.16. The van der Waals surface area contributed by atoms with E-state index in [9.17, 15) is 0 Å². The van der Waals surface area contributed by atoms with Crippen LogP contribution < -0.4 is 0 Å². The number of ether oxygens (including phenoxy) is 1. The van der Waals surface area contributed by atoms with Gasteiger partial charge in [0.1, 0.15) is 6.10 Å². The molecule has 0 spiro atoms. The van der Waals surface area contributed by atoms with Crippen LogP contribution in [0.15, 0.2) is 22.9 Å². The van der Waals surface area contributed by atoms with Gasteiger partial charge in [0.15, 0.2) is 0 Å². The first-order valence-corrected chi connectivity index (χ1v) is 6.66. The molecule has 0 aromatic carbocycles. The Kier molecular flexibility index (Phi) is 4.17. The Balaban J connectivity index is 1.98. The molecule has 100 valence electrons. The zero-order valence-corrected chi connectivity index (χ0v) is 11.6. The van der Waals surface area contributed by atoms with E-state index in [1.165, 1.54) is 13.0 Å². The smallest absolute Gasteiger partial charge is 0.232 e. The molecule has 1 saturated heterocycles. The predicted molar refractivity (Wildman–Crippen MR) is 75.0 cm³/mol. The molecular weight excluding hydrogens is 226 g/mol. The Bertz CT molecular complexity index is 371. The second-order valence-electron chi connectivity index (χ2n) is 5.57. The van der Waals surface area contributed by atoms with Crippen molar-refractivity contribution in [2.24, 2.45) is 22.0 Å². The quantitative estimate of drug-likeness (QED) is 0.437. The third-order valence-corrected chi connectivity index (χ3v) is 3.77. The molecular formula is C14H23N3O. The molecule has 2 aliphatic rings. The van der Waals surface area contributed by atoms with Gasteiger partial charge < -0.3 is 9.64 Å². The molecule has 3 atom stereocenters. The van der Waals surface area contributed by atoms with Crippen LogP contribution in [0.3, 0.4) is 0 Å². The van der Waals surface area contributed by atoms with Crippen molar-refractivity contribution in [3.8, 4) is 0 Å². The summed E-state index contributed by atoms with van der Waals surface area (Å²) in [5, 5.41) is 8.13. The molecule has 1 aliphatic heterocycles. The van der Waals surface area contributed by atoms with Crippen molar-refractivity contribution in [3.63, 3.8) is 0 Å². The highest BCUT2D eigenvalue weighted by Gasteiger charge is 2.42. The Morgan fingerprint density at radius 1 is 1.28 bits per heavy atom. The molecule has 4 nitrogen and oxygen atoms in total. The van der Waals surface area contributed by atoms with Gasteiger partial charge in [0.05, 0.1) is 0 Å². The summed E-state index contributed by atoms with van der Waals surface area (Å²) in [4.78, 5) is 2.39. The molecule has 0 N–H and O–H groups in total. The molecule has 3 unspecified atom stereocenters. The van der Waals surface area contributed by atoms with E-state index >= 15 is 0 Å². The van der Waals surface area contributed by atoms with Gasteiger partial charge in [0.25, 0.3) is 0 Å². The third kappa shape index (κ3) is 2.99. The second-order valence-corrected chi connectivity index (χ2v) is 5.57. The van der Waals surface area contributed by atoms with Crippen LogP contribution in [0.25, 0.3) is 0 Å². The third-order valence-electron chi connectivity index (χ3n) is 3.77. The van der Waals surface area contributed by atoms with E-state index in [1.807, 2.05) is 13.8 Å². The minimum Gasteiger partial charge on any atom is -0.473 e. The van der Waals surface area contributed by atoms with E-state index in [4.69, 9.17) is 4.74 Å². The average molecular weight is 249 g/mol. The SMILES string of the molecule is C=C/C(=N\N=C(C)C)OC1CCC2CN(C)CC21. The van der Waals surface area contributed by atoms with Crippen molar-refractivity contribution in [2.45, 2.75) is 32.8 Å². The maximum Gasteiger partial charge on any atom is 0.232 e. The van der Waals surface area contributed by atoms with Crippen molar-refractivity contribution in [3.05, 3.63) is 12.7 Å². The summed E-state index contributed by atoms with van der Waals surface area (Å²) in [6, 6.07) is 0. The normalized spacial score (nSPS) is 32.2.